The Morgan fingerprint density at radius 3 is 2.44 bits per heavy atom. The van der Waals surface area contributed by atoms with Crippen LogP contribution in [0.5, 0.6) is 0 Å². The maximum atomic E-state index is 13.7. The molecule has 0 heterocycles. The van der Waals surface area contributed by atoms with Gasteiger partial charge < -0.3 is 21.1 Å². The zero-order valence-corrected chi connectivity index (χ0v) is 16.8. The number of aliphatic carboxylic acids is 1. The molecule has 0 aliphatic carbocycles. The van der Waals surface area contributed by atoms with Gasteiger partial charge in [-0.05, 0) is 50.8 Å². The molecule has 3 amide bonds. The highest BCUT2D eigenvalue weighted by Crippen LogP contribution is 2.15. The fraction of sp³-hybridized carbons (Fsp3) is 0.500. The topological polar surface area (TPSA) is 108 Å². The monoisotopic (exact) mass is 445 g/mol. The van der Waals surface area contributed by atoms with Crippen molar-refractivity contribution in [2.75, 3.05) is 13.1 Å². The molecule has 4 N–H and O–H groups in total. The largest absolute Gasteiger partial charge is 0.481 e. The van der Waals surface area contributed by atoms with Crippen LogP contribution in [0.2, 0.25) is 0 Å². The summed E-state index contributed by atoms with van der Waals surface area (Å²) in [4.78, 5) is 34.0. The summed E-state index contributed by atoms with van der Waals surface area (Å²) >= 11 is 3.14. The molecule has 0 saturated heterocycles. The van der Waals surface area contributed by atoms with E-state index in [9.17, 15) is 18.8 Å². The molecule has 1 atom stereocenters. The van der Waals surface area contributed by atoms with Gasteiger partial charge in [0.25, 0.3) is 5.91 Å². The molecular formula is C18H25BrFN3O4. The van der Waals surface area contributed by atoms with Crippen LogP contribution in [0.15, 0.2) is 22.7 Å². The molecule has 0 unspecified atom stereocenters. The van der Waals surface area contributed by atoms with Gasteiger partial charge in [-0.2, -0.15) is 0 Å². The highest BCUT2D eigenvalue weighted by Gasteiger charge is 2.11. The Kier molecular flexibility index (Phi) is 10.4. The fourth-order valence-corrected chi connectivity index (χ4v) is 2.62. The van der Waals surface area contributed by atoms with Crippen molar-refractivity contribution < 1.29 is 23.9 Å². The molecule has 7 nitrogen and oxygen atoms in total. The van der Waals surface area contributed by atoms with Crippen molar-refractivity contribution in [1.29, 1.82) is 0 Å². The summed E-state index contributed by atoms with van der Waals surface area (Å²) < 4.78 is 14.2. The summed E-state index contributed by atoms with van der Waals surface area (Å²) in [6.07, 6.45) is 2.62. The molecule has 150 valence electrons. The number of benzene rings is 1. The van der Waals surface area contributed by atoms with Crippen molar-refractivity contribution in [3.63, 3.8) is 0 Å². The van der Waals surface area contributed by atoms with Gasteiger partial charge in [0.05, 0.1) is 5.56 Å². The number of hydrogen-bond acceptors (Lipinski definition) is 3. The maximum absolute atomic E-state index is 13.7. The first-order chi connectivity index (χ1) is 12.8. The van der Waals surface area contributed by atoms with Crippen LogP contribution in [0.25, 0.3) is 0 Å². The third-order valence-electron chi connectivity index (χ3n) is 3.77. The van der Waals surface area contributed by atoms with Crippen molar-refractivity contribution >= 4 is 33.8 Å². The van der Waals surface area contributed by atoms with Gasteiger partial charge in [-0.3, -0.25) is 9.59 Å². The van der Waals surface area contributed by atoms with E-state index in [-0.39, 0.29) is 24.1 Å². The number of rotatable bonds is 11. The first-order valence-corrected chi connectivity index (χ1v) is 9.58. The lowest BCUT2D eigenvalue weighted by Gasteiger charge is -2.13. The van der Waals surface area contributed by atoms with E-state index in [0.29, 0.717) is 30.4 Å². The Morgan fingerprint density at radius 2 is 1.81 bits per heavy atom. The highest BCUT2D eigenvalue weighted by atomic mass is 79.9. The molecule has 0 radical (unpaired) electrons. The maximum Gasteiger partial charge on any atom is 0.314 e. The minimum absolute atomic E-state index is 0.00792. The summed E-state index contributed by atoms with van der Waals surface area (Å²) in [6, 6.07) is 3.74. The fourth-order valence-electron chi connectivity index (χ4n) is 2.29. The van der Waals surface area contributed by atoms with Crippen LogP contribution in [0.3, 0.4) is 0 Å². The molecule has 1 aromatic rings. The predicted molar refractivity (Wildman–Crippen MR) is 103 cm³/mol. The van der Waals surface area contributed by atoms with Gasteiger partial charge in [-0.25, -0.2) is 9.18 Å². The third-order valence-corrected chi connectivity index (χ3v) is 4.26. The number of nitrogens with one attached hydrogen (secondary N) is 3. The second-order valence-electron chi connectivity index (χ2n) is 6.17. The number of urea groups is 1. The number of unbranched alkanes of at least 4 members (excludes halogenated alkanes) is 2. The molecule has 1 aromatic carbocycles. The molecule has 0 bridgehead atoms. The van der Waals surface area contributed by atoms with Crippen LogP contribution in [-0.2, 0) is 4.79 Å². The van der Waals surface area contributed by atoms with E-state index in [4.69, 9.17) is 5.11 Å². The first kappa shape index (κ1) is 22.9. The number of halogens is 2. The minimum Gasteiger partial charge on any atom is -0.481 e. The predicted octanol–water partition coefficient (Wildman–Crippen LogP) is 3.04. The van der Waals surface area contributed by atoms with E-state index in [1.54, 1.807) is 13.0 Å². The Bertz CT molecular complexity index is 657. The molecule has 27 heavy (non-hydrogen) atoms. The van der Waals surface area contributed by atoms with Crippen molar-refractivity contribution in [3.05, 3.63) is 34.1 Å². The standard InChI is InChI=1S/C18H25BrFN3O4/c1-12(5-8-16(24)25)23-18(27)22-10-4-2-3-9-21-17(26)14-7-6-13(19)11-15(14)20/h6-7,11-12H,2-5,8-10H2,1H3,(H,21,26)(H,24,25)(H2,22,23,27)/t12-/m1/s1. The van der Waals surface area contributed by atoms with Crippen LogP contribution in [0, 0.1) is 5.82 Å². The van der Waals surface area contributed by atoms with Crippen molar-refractivity contribution in [1.82, 2.24) is 16.0 Å². The molecule has 1 rings (SSSR count). The van der Waals surface area contributed by atoms with Crippen molar-refractivity contribution in [3.8, 4) is 0 Å². The number of carbonyl (C=O) groups is 3. The number of hydrogen-bond donors (Lipinski definition) is 4. The lowest BCUT2D eigenvalue weighted by atomic mass is 10.2. The zero-order chi connectivity index (χ0) is 20.2. The van der Waals surface area contributed by atoms with Crippen LogP contribution >= 0.6 is 15.9 Å². The average Bonchev–Trinajstić information content (AvgIpc) is 2.58. The molecule has 0 aromatic heterocycles. The van der Waals surface area contributed by atoms with Crippen LogP contribution in [0.1, 0.15) is 49.4 Å². The van der Waals surface area contributed by atoms with Crippen LogP contribution < -0.4 is 16.0 Å². The second-order valence-corrected chi connectivity index (χ2v) is 7.09. The van der Waals surface area contributed by atoms with Gasteiger partial charge in [0.1, 0.15) is 5.82 Å². The smallest absolute Gasteiger partial charge is 0.314 e. The number of carboxylic acid groups (broad SMARTS) is 1. The third kappa shape index (κ3) is 9.93. The van der Waals surface area contributed by atoms with E-state index in [0.717, 1.165) is 12.8 Å². The highest BCUT2D eigenvalue weighted by molar-refractivity contribution is 9.10. The van der Waals surface area contributed by atoms with Crippen molar-refractivity contribution in [2.24, 2.45) is 0 Å². The van der Waals surface area contributed by atoms with E-state index < -0.39 is 17.7 Å². The molecule has 0 aliphatic rings. The van der Waals surface area contributed by atoms with Crippen LogP contribution in [-0.4, -0.2) is 42.1 Å². The van der Waals surface area contributed by atoms with E-state index in [2.05, 4.69) is 31.9 Å². The Balaban J connectivity index is 2.09. The Hall–Kier alpha value is -2.16. The number of carbonyl (C=O) groups excluding carboxylic acids is 2. The minimum atomic E-state index is -0.890. The summed E-state index contributed by atoms with van der Waals surface area (Å²) in [7, 11) is 0. The quantitative estimate of drug-likeness (QED) is 0.392. The van der Waals surface area contributed by atoms with Gasteiger partial charge in [0.2, 0.25) is 0 Å². The first-order valence-electron chi connectivity index (χ1n) is 8.79. The lowest BCUT2D eigenvalue weighted by Crippen LogP contribution is -2.41. The Morgan fingerprint density at radius 1 is 1.15 bits per heavy atom. The van der Waals surface area contributed by atoms with Gasteiger partial charge in [-0.1, -0.05) is 15.9 Å². The van der Waals surface area contributed by atoms with Gasteiger partial charge in [0, 0.05) is 30.0 Å². The molecule has 0 spiro atoms. The summed E-state index contributed by atoms with van der Waals surface area (Å²) in [5.41, 5.74) is 0.00792. The number of carboxylic acids is 1. The van der Waals surface area contributed by atoms with Crippen molar-refractivity contribution in [2.45, 2.75) is 45.1 Å². The molecular weight excluding hydrogens is 421 g/mol. The lowest BCUT2D eigenvalue weighted by molar-refractivity contribution is -0.137. The molecule has 0 saturated carbocycles. The van der Waals surface area contributed by atoms with Gasteiger partial charge in [0.15, 0.2) is 0 Å². The Labute approximate surface area is 166 Å². The SMILES string of the molecule is C[C@H](CCC(=O)O)NC(=O)NCCCCCNC(=O)c1ccc(Br)cc1F. The van der Waals surface area contributed by atoms with E-state index in [1.165, 1.54) is 12.1 Å². The summed E-state index contributed by atoms with van der Waals surface area (Å²) in [6.45, 7) is 2.65. The summed E-state index contributed by atoms with van der Waals surface area (Å²) in [5.74, 6) is -1.92. The van der Waals surface area contributed by atoms with Gasteiger partial charge >= 0.3 is 12.0 Å². The number of amides is 3. The van der Waals surface area contributed by atoms with Gasteiger partial charge in [-0.15, -0.1) is 0 Å². The molecule has 0 aliphatic heterocycles. The van der Waals surface area contributed by atoms with Crippen LogP contribution in [0.4, 0.5) is 9.18 Å². The average molecular weight is 446 g/mol. The normalized spacial score (nSPS) is 11.5. The second kappa shape index (κ2) is 12.3. The molecule has 0 fully saturated rings. The van der Waals surface area contributed by atoms with E-state index in [1.807, 2.05) is 0 Å². The van der Waals surface area contributed by atoms with E-state index >= 15 is 0 Å². The zero-order valence-electron chi connectivity index (χ0n) is 15.2. The summed E-state index contributed by atoms with van der Waals surface area (Å²) in [5, 5.41) is 16.6. The molecule has 9 heteroatoms.